The van der Waals surface area contributed by atoms with E-state index in [0.717, 1.165) is 4.90 Å². The maximum atomic E-state index is 12.6. The zero-order valence-electron chi connectivity index (χ0n) is 13.9. The van der Waals surface area contributed by atoms with Crippen LogP contribution in [-0.4, -0.2) is 54.0 Å². The molecule has 1 aliphatic heterocycles. The first-order valence-electron chi connectivity index (χ1n) is 8.11. The summed E-state index contributed by atoms with van der Waals surface area (Å²) in [5.41, 5.74) is 0.445. The number of hydrogen-bond donors (Lipinski definition) is 0. The second kappa shape index (κ2) is 8.08. The molecule has 0 radical (unpaired) electrons. The average molecular weight is 377 g/mol. The van der Waals surface area contributed by atoms with E-state index in [1.54, 1.807) is 24.3 Å². The molecule has 4 nitrogen and oxygen atoms in total. The van der Waals surface area contributed by atoms with E-state index >= 15 is 0 Å². The van der Waals surface area contributed by atoms with Gasteiger partial charge in [-0.1, -0.05) is 11.6 Å². The molecule has 138 valence electrons. The molecule has 1 unspecified atom stereocenters. The zero-order valence-corrected chi connectivity index (χ0v) is 14.6. The molecule has 25 heavy (non-hydrogen) atoms. The zero-order chi connectivity index (χ0) is 18.6. The average Bonchev–Trinajstić information content (AvgIpc) is 2.58. The molecule has 0 aliphatic carbocycles. The van der Waals surface area contributed by atoms with Crippen molar-refractivity contribution < 1.29 is 22.8 Å². The Morgan fingerprint density at radius 2 is 1.92 bits per heavy atom. The van der Waals surface area contributed by atoms with Crippen molar-refractivity contribution in [1.82, 2.24) is 9.80 Å². The van der Waals surface area contributed by atoms with E-state index in [1.807, 2.05) is 0 Å². The predicted octanol–water partition coefficient (Wildman–Crippen LogP) is 3.60. The Morgan fingerprint density at radius 3 is 2.48 bits per heavy atom. The van der Waals surface area contributed by atoms with Crippen molar-refractivity contribution in [3.63, 3.8) is 0 Å². The minimum Gasteiger partial charge on any atom is -0.338 e. The minimum atomic E-state index is -4.43. The Labute approximate surface area is 149 Å². The molecule has 1 heterocycles. The maximum absolute atomic E-state index is 12.6. The summed E-state index contributed by atoms with van der Waals surface area (Å²) in [5, 5.41) is 0.508. The summed E-state index contributed by atoms with van der Waals surface area (Å²) < 4.78 is 37.8. The Morgan fingerprint density at radius 1 is 1.28 bits per heavy atom. The van der Waals surface area contributed by atoms with E-state index in [9.17, 15) is 22.8 Å². The van der Waals surface area contributed by atoms with E-state index in [0.29, 0.717) is 30.0 Å². The quantitative estimate of drug-likeness (QED) is 0.805. The van der Waals surface area contributed by atoms with Gasteiger partial charge in [0.2, 0.25) is 5.91 Å². The van der Waals surface area contributed by atoms with Gasteiger partial charge in [0.05, 0.1) is 5.92 Å². The molecule has 1 fully saturated rings. The lowest BCUT2D eigenvalue weighted by Gasteiger charge is -2.35. The van der Waals surface area contributed by atoms with Gasteiger partial charge in [0.1, 0.15) is 6.54 Å². The molecule has 1 saturated heterocycles. The second-order valence-corrected chi connectivity index (χ2v) is 6.50. The number of hydrogen-bond acceptors (Lipinski definition) is 2. The van der Waals surface area contributed by atoms with Crippen LogP contribution in [0.1, 0.15) is 30.1 Å². The summed E-state index contributed by atoms with van der Waals surface area (Å²) in [6.45, 7) is 0.859. The number of nitrogens with zero attached hydrogens (tertiary/aromatic N) is 2. The number of alkyl halides is 3. The fourth-order valence-corrected chi connectivity index (χ4v) is 3.08. The summed E-state index contributed by atoms with van der Waals surface area (Å²) in [6, 6.07) is 6.39. The van der Waals surface area contributed by atoms with Crippen LogP contribution in [0.25, 0.3) is 0 Å². The number of rotatable bonds is 4. The second-order valence-electron chi connectivity index (χ2n) is 6.06. The van der Waals surface area contributed by atoms with Crippen LogP contribution in [0, 0.1) is 5.92 Å². The monoisotopic (exact) mass is 376 g/mol. The third-order valence-electron chi connectivity index (χ3n) is 4.21. The van der Waals surface area contributed by atoms with Crippen molar-refractivity contribution >= 4 is 23.4 Å². The Bertz CT molecular complexity index is 619. The van der Waals surface area contributed by atoms with Gasteiger partial charge < -0.3 is 9.80 Å². The molecular formula is C17H20ClF3N2O2. The fraction of sp³-hybridized carbons (Fsp3) is 0.529. The normalized spacial score (nSPS) is 18.1. The highest BCUT2D eigenvalue weighted by Crippen LogP contribution is 2.23. The predicted molar refractivity (Wildman–Crippen MR) is 88.4 cm³/mol. The molecule has 0 saturated carbocycles. The van der Waals surface area contributed by atoms with Gasteiger partial charge in [-0.2, -0.15) is 13.2 Å². The third-order valence-corrected chi connectivity index (χ3v) is 4.46. The molecule has 0 bridgehead atoms. The van der Waals surface area contributed by atoms with E-state index in [4.69, 9.17) is 11.6 Å². The van der Waals surface area contributed by atoms with Crippen LogP contribution in [-0.2, 0) is 4.79 Å². The van der Waals surface area contributed by atoms with Crippen LogP contribution in [0.5, 0.6) is 0 Å². The molecule has 1 atom stereocenters. The summed E-state index contributed by atoms with van der Waals surface area (Å²) in [6.07, 6.45) is -3.37. The number of carbonyl (C=O) groups is 2. The van der Waals surface area contributed by atoms with Crippen molar-refractivity contribution in [2.24, 2.45) is 5.92 Å². The van der Waals surface area contributed by atoms with E-state index in [1.165, 1.54) is 11.8 Å². The first-order valence-corrected chi connectivity index (χ1v) is 8.49. The van der Waals surface area contributed by atoms with Crippen LogP contribution >= 0.6 is 11.6 Å². The fourth-order valence-electron chi connectivity index (χ4n) is 2.96. The SMILES string of the molecule is CCN(CC(F)(F)F)C(=O)C1CCCN(C(=O)c2ccc(Cl)cc2)C1. The van der Waals surface area contributed by atoms with Gasteiger partial charge in [0.25, 0.3) is 5.91 Å². The van der Waals surface area contributed by atoms with E-state index in [2.05, 4.69) is 0 Å². The first kappa shape index (κ1) is 19.6. The molecule has 8 heteroatoms. The Kier molecular flexibility index (Phi) is 6.32. The lowest BCUT2D eigenvalue weighted by Crippen LogP contribution is -2.48. The standard InChI is InChI=1S/C17H20ClF3N2O2/c1-2-22(11-17(19,20)21)16(25)13-4-3-9-23(10-13)15(24)12-5-7-14(18)8-6-12/h5-8,13H,2-4,9-11H2,1H3. The summed E-state index contributed by atoms with van der Waals surface area (Å²) in [5.74, 6) is -1.39. The summed E-state index contributed by atoms with van der Waals surface area (Å²) in [4.78, 5) is 27.3. The van der Waals surface area contributed by atoms with Gasteiger partial charge in [-0.05, 0) is 44.0 Å². The number of amides is 2. The van der Waals surface area contributed by atoms with Gasteiger partial charge in [-0.3, -0.25) is 9.59 Å². The number of piperidine rings is 1. The van der Waals surface area contributed by atoms with Gasteiger partial charge in [-0.15, -0.1) is 0 Å². The van der Waals surface area contributed by atoms with E-state index in [-0.39, 0.29) is 19.0 Å². The van der Waals surface area contributed by atoms with Crippen LogP contribution in [0.4, 0.5) is 13.2 Å². The van der Waals surface area contributed by atoms with Crippen LogP contribution in [0.2, 0.25) is 5.02 Å². The molecule has 0 aromatic heterocycles. The van der Waals surface area contributed by atoms with Gasteiger partial charge in [0.15, 0.2) is 0 Å². The van der Waals surface area contributed by atoms with Gasteiger partial charge >= 0.3 is 6.18 Å². The highest BCUT2D eigenvalue weighted by molar-refractivity contribution is 6.30. The largest absolute Gasteiger partial charge is 0.406 e. The van der Waals surface area contributed by atoms with Crippen LogP contribution in [0.15, 0.2) is 24.3 Å². The van der Waals surface area contributed by atoms with Gasteiger partial charge in [-0.25, -0.2) is 0 Å². The third kappa shape index (κ3) is 5.36. The van der Waals surface area contributed by atoms with Crippen molar-refractivity contribution in [3.8, 4) is 0 Å². The van der Waals surface area contributed by atoms with Gasteiger partial charge in [0, 0.05) is 30.2 Å². The molecule has 2 amide bonds. The highest BCUT2D eigenvalue weighted by atomic mass is 35.5. The molecule has 2 rings (SSSR count). The first-order chi connectivity index (χ1) is 11.7. The van der Waals surface area contributed by atoms with Crippen LogP contribution in [0.3, 0.4) is 0 Å². The molecular weight excluding hydrogens is 357 g/mol. The maximum Gasteiger partial charge on any atom is 0.406 e. The summed E-state index contributed by atoms with van der Waals surface area (Å²) in [7, 11) is 0. The molecule has 1 aromatic carbocycles. The Balaban J connectivity index is 2.05. The van der Waals surface area contributed by atoms with Crippen molar-refractivity contribution in [2.75, 3.05) is 26.2 Å². The molecule has 0 spiro atoms. The molecule has 1 aliphatic rings. The highest BCUT2D eigenvalue weighted by Gasteiger charge is 2.36. The van der Waals surface area contributed by atoms with Crippen molar-refractivity contribution in [2.45, 2.75) is 25.9 Å². The van der Waals surface area contributed by atoms with Crippen LogP contribution < -0.4 is 0 Å². The number of benzene rings is 1. The lowest BCUT2D eigenvalue weighted by atomic mass is 9.95. The number of likely N-dealkylation sites (tertiary alicyclic amines) is 1. The van der Waals surface area contributed by atoms with Crippen molar-refractivity contribution in [1.29, 1.82) is 0 Å². The Hall–Kier alpha value is -1.76. The van der Waals surface area contributed by atoms with E-state index < -0.39 is 24.5 Å². The lowest BCUT2D eigenvalue weighted by molar-refractivity contribution is -0.164. The topological polar surface area (TPSA) is 40.6 Å². The van der Waals surface area contributed by atoms with Crippen molar-refractivity contribution in [3.05, 3.63) is 34.9 Å². The number of halogens is 4. The minimum absolute atomic E-state index is 0.0139. The smallest absolute Gasteiger partial charge is 0.338 e. The molecule has 0 N–H and O–H groups in total. The summed E-state index contributed by atoms with van der Waals surface area (Å²) >= 11 is 5.80. The molecule has 1 aromatic rings. The number of carbonyl (C=O) groups excluding carboxylic acids is 2.